The molecule has 0 amide bonds. The predicted molar refractivity (Wildman–Crippen MR) is 134 cm³/mol. The van der Waals surface area contributed by atoms with Crippen LogP contribution in [-0.2, 0) is 11.3 Å². The van der Waals surface area contributed by atoms with E-state index in [9.17, 15) is 0 Å². The Kier molecular flexibility index (Phi) is 7.54. The highest BCUT2D eigenvalue weighted by Gasteiger charge is 2.26. The molecule has 5 nitrogen and oxygen atoms in total. The van der Waals surface area contributed by atoms with Gasteiger partial charge >= 0.3 is 0 Å². The van der Waals surface area contributed by atoms with Gasteiger partial charge in [0.05, 0.1) is 24.9 Å². The van der Waals surface area contributed by atoms with Gasteiger partial charge in [-0.1, -0.05) is 31.4 Å². The molecule has 6 heteroatoms. The van der Waals surface area contributed by atoms with Gasteiger partial charge in [-0.2, -0.15) is 0 Å². The molecule has 0 unspecified atom stereocenters. The molecular weight excluding hydrogens is 418 g/mol. The Bertz CT molecular complexity index is 1030. The molecule has 0 atom stereocenters. The van der Waals surface area contributed by atoms with Crippen molar-refractivity contribution in [3.63, 3.8) is 0 Å². The van der Waals surface area contributed by atoms with Gasteiger partial charge in [0.25, 0.3) is 0 Å². The summed E-state index contributed by atoms with van der Waals surface area (Å²) in [4.78, 5) is 7.54. The molecule has 1 aliphatic carbocycles. The molecule has 1 fully saturated rings. The number of aromatic nitrogens is 2. The van der Waals surface area contributed by atoms with Crippen molar-refractivity contribution >= 4 is 22.2 Å². The van der Waals surface area contributed by atoms with Gasteiger partial charge in [-0.3, -0.25) is 4.90 Å². The van der Waals surface area contributed by atoms with Crippen molar-refractivity contribution in [1.29, 1.82) is 0 Å². The molecule has 2 aromatic heterocycles. The molecule has 4 rings (SSSR count). The first-order valence-corrected chi connectivity index (χ1v) is 12.8. The van der Waals surface area contributed by atoms with Gasteiger partial charge < -0.3 is 14.0 Å². The second-order valence-electron chi connectivity index (χ2n) is 9.18. The standard InChI is InChI=1S/C26H37N3O2S/c1-18(2)28(14-15-30-4)16-20-17-32-26(27-20)24-19(3)29(21-10-7-6-8-11-21)25-22(24)12-9-13-23(25)31-5/h9,12-13,17-18,21H,6-8,10-11,14-16H2,1-5H3. The lowest BCUT2D eigenvalue weighted by molar-refractivity contribution is 0.124. The number of thiazole rings is 1. The topological polar surface area (TPSA) is 39.5 Å². The first-order chi connectivity index (χ1) is 15.5. The Balaban J connectivity index is 1.74. The smallest absolute Gasteiger partial charge is 0.143 e. The maximum Gasteiger partial charge on any atom is 0.143 e. The van der Waals surface area contributed by atoms with Crippen molar-refractivity contribution in [2.45, 2.75) is 71.5 Å². The maximum atomic E-state index is 5.83. The fraction of sp³-hybridized carbons (Fsp3) is 0.577. The maximum absolute atomic E-state index is 5.83. The number of nitrogens with zero attached hydrogens (tertiary/aromatic N) is 3. The summed E-state index contributed by atoms with van der Waals surface area (Å²) in [6, 6.07) is 7.43. The first-order valence-electron chi connectivity index (χ1n) is 11.9. The number of fused-ring (bicyclic) bond motifs is 1. The van der Waals surface area contributed by atoms with Crippen molar-refractivity contribution in [2.24, 2.45) is 0 Å². The molecular formula is C26H37N3O2S. The molecule has 0 spiro atoms. The van der Waals surface area contributed by atoms with Crippen LogP contribution < -0.4 is 4.74 Å². The van der Waals surface area contributed by atoms with Crippen molar-refractivity contribution in [1.82, 2.24) is 14.5 Å². The van der Waals surface area contributed by atoms with Crippen LogP contribution in [-0.4, -0.2) is 47.9 Å². The summed E-state index contributed by atoms with van der Waals surface area (Å²) in [5.41, 5.74) is 4.96. The summed E-state index contributed by atoms with van der Waals surface area (Å²) in [5.74, 6) is 0.963. The minimum Gasteiger partial charge on any atom is -0.495 e. The second kappa shape index (κ2) is 10.4. The van der Waals surface area contributed by atoms with E-state index in [-0.39, 0.29) is 0 Å². The van der Waals surface area contributed by atoms with Crippen LogP contribution in [0.2, 0.25) is 0 Å². The summed E-state index contributed by atoms with van der Waals surface area (Å²) in [6.07, 6.45) is 6.45. The first kappa shape index (κ1) is 23.3. The van der Waals surface area contributed by atoms with Crippen LogP contribution in [0.1, 0.15) is 63.4 Å². The number of hydrogen-bond donors (Lipinski definition) is 0. The van der Waals surface area contributed by atoms with Gasteiger partial charge in [-0.25, -0.2) is 4.98 Å². The molecule has 1 saturated carbocycles. The zero-order chi connectivity index (χ0) is 22.7. The third kappa shape index (κ3) is 4.59. The zero-order valence-corrected chi connectivity index (χ0v) is 21.0. The molecule has 174 valence electrons. The lowest BCUT2D eigenvalue weighted by Gasteiger charge is -2.26. The summed E-state index contributed by atoms with van der Waals surface area (Å²) in [6.45, 7) is 9.24. The Labute approximate surface area is 196 Å². The minimum absolute atomic E-state index is 0.453. The minimum atomic E-state index is 0.453. The average molecular weight is 456 g/mol. The van der Waals surface area contributed by atoms with Gasteiger partial charge in [0.1, 0.15) is 10.8 Å². The highest BCUT2D eigenvalue weighted by molar-refractivity contribution is 7.13. The van der Waals surface area contributed by atoms with E-state index in [0.717, 1.165) is 36.1 Å². The van der Waals surface area contributed by atoms with Crippen molar-refractivity contribution in [3.05, 3.63) is 35.0 Å². The van der Waals surface area contributed by atoms with Gasteiger partial charge in [-0.05, 0) is 39.7 Å². The Morgan fingerprint density at radius 3 is 2.66 bits per heavy atom. The number of ether oxygens (including phenoxy) is 2. The monoisotopic (exact) mass is 455 g/mol. The summed E-state index contributed by atoms with van der Waals surface area (Å²) in [7, 11) is 3.54. The number of rotatable bonds is 9. The van der Waals surface area contributed by atoms with E-state index in [4.69, 9.17) is 14.5 Å². The lowest BCUT2D eigenvalue weighted by Crippen LogP contribution is -2.33. The van der Waals surface area contributed by atoms with E-state index in [1.807, 2.05) is 0 Å². The normalized spacial score (nSPS) is 15.3. The molecule has 0 bridgehead atoms. The Morgan fingerprint density at radius 1 is 1.19 bits per heavy atom. The molecule has 2 heterocycles. The highest BCUT2D eigenvalue weighted by atomic mass is 32.1. The summed E-state index contributed by atoms with van der Waals surface area (Å²) < 4.78 is 13.7. The number of benzene rings is 1. The van der Waals surface area contributed by atoms with Crippen molar-refractivity contribution in [3.8, 4) is 16.3 Å². The number of para-hydroxylation sites is 1. The van der Waals surface area contributed by atoms with E-state index in [1.165, 1.54) is 54.3 Å². The molecule has 1 aromatic carbocycles. The zero-order valence-electron chi connectivity index (χ0n) is 20.2. The van der Waals surface area contributed by atoms with Crippen LogP contribution >= 0.6 is 11.3 Å². The third-order valence-corrected chi connectivity index (χ3v) is 7.74. The Hall–Kier alpha value is -1.89. The fourth-order valence-electron chi connectivity index (χ4n) is 5.12. The number of hydrogen-bond acceptors (Lipinski definition) is 5. The largest absolute Gasteiger partial charge is 0.495 e. The molecule has 0 radical (unpaired) electrons. The summed E-state index contributed by atoms with van der Waals surface area (Å²) in [5, 5.41) is 4.59. The highest BCUT2D eigenvalue weighted by Crippen LogP contribution is 2.44. The average Bonchev–Trinajstić information content (AvgIpc) is 3.37. The molecule has 3 aromatic rings. The van der Waals surface area contributed by atoms with Crippen LogP contribution in [0.25, 0.3) is 21.5 Å². The van der Waals surface area contributed by atoms with Crippen LogP contribution in [0, 0.1) is 6.92 Å². The SMILES string of the molecule is COCCN(Cc1csc(-c2c(C)n(C3CCCCC3)c3c(OC)cccc23)n1)C(C)C. The molecule has 0 aliphatic heterocycles. The van der Waals surface area contributed by atoms with Crippen LogP contribution in [0.15, 0.2) is 23.6 Å². The Morgan fingerprint density at radius 2 is 1.97 bits per heavy atom. The molecule has 0 N–H and O–H groups in total. The lowest BCUT2D eigenvalue weighted by atomic mass is 9.95. The van der Waals surface area contributed by atoms with E-state index < -0.39 is 0 Å². The van der Waals surface area contributed by atoms with Gasteiger partial charge in [0.15, 0.2) is 0 Å². The second-order valence-corrected chi connectivity index (χ2v) is 10.0. The van der Waals surface area contributed by atoms with Crippen LogP contribution in [0.5, 0.6) is 5.75 Å². The molecule has 32 heavy (non-hydrogen) atoms. The van der Waals surface area contributed by atoms with Crippen LogP contribution in [0.3, 0.4) is 0 Å². The van der Waals surface area contributed by atoms with Gasteiger partial charge in [0.2, 0.25) is 0 Å². The quantitative estimate of drug-likeness (QED) is 0.372. The van der Waals surface area contributed by atoms with Crippen LogP contribution in [0.4, 0.5) is 0 Å². The molecule has 0 saturated heterocycles. The summed E-state index contributed by atoms with van der Waals surface area (Å²) >= 11 is 1.76. The predicted octanol–water partition coefficient (Wildman–Crippen LogP) is 6.44. The van der Waals surface area contributed by atoms with Gasteiger partial charge in [0, 0.05) is 54.3 Å². The van der Waals surface area contributed by atoms with E-state index in [0.29, 0.717) is 12.1 Å². The molecule has 1 aliphatic rings. The third-order valence-electron chi connectivity index (χ3n) is 6.84. The van der Waals surface area contributed by atoms with Crippen molar-refractivity contribution < 1.29 is 9.47 Å². The van der Waals surface area contributed by atoms with E-state index >= 15 is 0 Å². The fourth-order valence-corrected chi connectivity index (χ4v) is 6.04. The van der Waals surface area contributed by atoms with Gasteiger partial charge in [-0.15, -0.1) is 11.3 Å². The number of methoxy groups -OCH3 is 2. The van der Waals surface area contributed by atoms with E-state index in [1.54, 1.807) is 25.6 Å². The van der Waals surface area contributed by atoms with Crippen molar-refractivity contribution in [2.75, 3.05) is 27.4 Å². The van der Waals surface area contributed by atoms with E-state index in [2.05, 4.69) is 53.8 Å².